The minimum Gasteiger partial charge on any atom is -0.508 e. The van der Waals surface area contributed by atoms with Crippen LogP contribution in [0.3, 0.4) is 0 Å². The molecule has 2 fully saturated rings. The summed E-state index contributed by atoms with van der Waals surface area (Å²) in [6.45, 7) is 4.59. The molecule has 40 heavy (non-hydrogen) atoms. The van der Waals surface area contributed by atoms with Gasteiger partial charge >= 0.3 is 0 Å². The number of allylic oxidation sites excluding steroid dienone is 1. The van der Waals surface area contributed by atoms with Gasteiger partial charge < -0.3 is 30.6 Å². The van der Waals surface area contributed by atoms with Gasteiger partial charge in [-0.1, -0.05) is 19.8 Å². The average Bonchev–Trinajstić information content (AvgIpc) is 2.88. The lowest BCUT2D eigenvalue weighted by molar-refractivity contribution is -0.147. The van der Waals surface area contributed by atoms with Crippen LogP contribution in [0.4, 0.5) is 5.69 Å². The van der Waals surface area contributed by atoms with Crippen molar-refractivity contribution in [3.05, 3.63) is 39.7 Å². The number of carbonyl (C=O) groups is 3. The Kier molecular flexibility index (Phi) is 7.33. The highest BCUT2D eigenvalue weighted by atomic mass is 16.3. The second-order valence-electron chi connectivity index (χ2n) is 12.5. The van der Waals surface area contributed by atoms with Crippen LogP contribution in [0.15, 0.2) is 23.0 Å². The zero-order valence-corrected chi connectivity index (χ0v) is 23.7. The van der Waals surface area contributed by atoms with Crippen LogP contribution in [0.1, 0.15) is 69.1 Å². The zero-order chi connectivity index (χ0) is 29.1. The van der Waals surface area contributed by atoms with Crippen molar-refractivity contribution in [2.45, 2.75) is 70.9 Å². The van der Waals surface area contributed by atoms with Crippen LogP contribution in [-0.4, -0.2) is 64.0 Å². The van der Waals surface area contributed by atoms with E-state index in [0.29, 0.717) is 30.0 Å². The minimum atomic E-state index is -2.48. The van der Waals surface area contributed by atoms with Crippen molar-refractivity contribution < 1.29 is 34.8 Å². The molecule has 9 nitrogen and oxygen atoms in total. The van der Waals surface area contributed by atoms with Crippen molar-refractivity contribution >= 4 is 28.8 Å². The summed E-state index contributed by atoms with van der Waals surface area (Å²) in [6, 6.07) is 1.90. The molecule has 4 aliphatic carbocycles. The zero-order valence-electron chi connectivity index (χ0n) is 23.7. The van der Waals surface area contributed by atoms with Crippen molar-refractivity contribution in [2.24, 2.45) is 23.7 Å². The molecule has 9 heteroatoms. The number of benzene rings is 1. The first-order valence-electron chi connectivity index (χ1n) is 14.3. The first-order chi connectivity index (χ1) is 18.9. The van der Waals surface area contributed by atoms with Gasteiger partial charge in [0.15, 0.2) is 17.2 Å². The van der Waals surface area contributed by atoms with Crippen LogP contribution in [0.2, 0.25) is 0 Å². The number of Topliss-reactive ketones (excluding diaryl/α,β-unsaturated/α-hetero) is 3. The number of aromatic hydroxyl groups is 1. The number of aliphatic hydroxyl groups excluding tert-OH is 2. The molecule has 5 rings (SSSR count). The van der Waals surface area contributed by atoms with Crippen LogP contribution < -0.4 is 10.2 Å². The fourth-order valence-corrected chi connectivity index (χ4v) is 7.31. The monoisotopic (exact) mass is 552 g/mol. The summed E-state index contributed by atoms with van der Waals surface area (Å²) in [5.41, 5.74) is -0.917. The summed E-state index contributed by atoms with van der Waals surface area (Å²) in [5, 5.41) is 48.7. The molecule has 0 heterocycles. The number of carbonyl (C=O) groups excluding carboxylic acids is 3. The molecule has 0 radical (unpaired) electrons. The molecule has 0 bridgehead atoms. The van der Waals surface area contributed by atoms with Crippen molar-refractivity contribution in [2.75, 3.05) is 25.5 Å². The molecule has 4 aliphatic rings. The van der Waals surface area contributed by atoms with E-state index in [0.717, 1.165) is 25.1 Å². The van der Waals surface area contributed by atoms with Gasteiger partial charge in [0.1, 0.15) is 22.8 Å². The normalized spacial score (nSPS) is 30.1. The molecule has 0 aromatic heterocycles. The van der Waals surface area contributed by atoms with Gasteiger partial charge in [-0.25, -0.2) is 0 Å². The quantitative estimate of drug-likeness (QED) is 0.335. The second kappa shape index (κ2) is 10.3. The lowest BCUT2D eigenvalue weighted by Gasteiger charge is -2.46. The summed E-state index contributed by atoms with van der Waals surface area (Å²) in [6.07, 6.45) is 4.99. The number of hydrogen-bond acceptors (Lipinski definition) is 9. The maximum absolute atomic E-state index is 13.8. The number of phenols is 1. The van der Waals surface area contributed by atoms with E-state index in [1.807, 2.05) is 25.1 Å². The van der Waals surface area contributed by atoms with Crippen LogP contribution in [0.5, 0.6) is 5.75 Å². The number of ketones is 3. The smallest absolute Gasteiger partial charge is 0.202 e. The summed E-state index contributed by atoms with van der Waals surface area (Å²) in [7, 11) is 3.75. The van der Waals surface area contributed by atoms with Gasteiger partial charge in [-0.15, -0.1) is 0 Å². The number of nitrogens with zero attached hydrogens (tertiary/aromatic N) is 1. The van der Waals surface area contributed by atoms with E-state index in [-0.39, 0.29) is 29.7 Å². The number of hydrogen-bond donors (Lipinski definition) is 5. The third kappa shape index (κ3) is 4.43. The molecule has 1 aromatic carbocycles. The molecule has 2 saturated carbocycles. The molecule has 0 unspecified atom stereocenters. The fraction of sp³-hybridized carbons (Fsp3) is 0.581. The van der Waals surface area contributed by atoms with E-state index in [2.05, 4.69) is 12.2 Å². The molecule has 0 saturated heterocycles. The topological polar surface area (TPSA) is 147 Å². The molecule has 0 spiro atoms. The Morgan fingerprint density at radius 2 is 1.77 bits per heavy atom. The van der Waals surface area contributed by atoms with Crippen molar-refractivity contribution in [1.29, 1.82) is 0 Å². The Morgan fingerprint density at radius 1 is 1.10 bits per heavy atom. The predicted molar refractivity (Wildman–Crippen MR) is 150 cm³/mol. The van der Waals surface area contributed by atoms with E-state index >= 15 is 0 Å². The summed E-state index contributed by atoms with van der Waals surface area (Å²) >= 11 is 0. The molecular weight excluding hydrogens is 512 g/mol. The van der Waals surface area contributed by atoms with E-state index < -0.39 is 51.9 Å². The Bertz CT molecular complexity index is 1340. The van der Waals surface area contributed by atoms with Crippen LogP contribution >= 0.6 is 0 Å². The van der Waals surface area contributed by atoms with Gasteiger partial charge in [0, 0.05) is 49.8 Å². The average molecular weight is 553 g/mol. The SMILES string of the molecule is CC(=O)C1=C(O)[C@@]2(O)C(=O)C3=C(O)c4c(O)c(CNCC5CCC(C)CC5)cc(N(C)C)c4C[C@H]3C[C@H]2CC1=O. The van der Waals surface area contributed by atoms with Gasteiger partial charge in [-0.3, -0.25) is 14.4 Å². The van der Waals surface area contributed by atoms with E-state index in [1.54, 1.807) is 0 Å². The van der Waals surface area contributed by atoms with Crippen LogP contribution in [0.25, 0.3) is 5.76 Å². The van der Waals surface area contributed by atoms with Crippen molar-refractivity contribution in [3.63, 3.8) is 0 Å². The van der Waals surface area contributed by atoms with Gasteiger partial charge in [0.2, 0.25) is 5.78 Å². The highest BCUT2D eigenvalue weighted by Gasteiger charge is 2.60. The molecular formula is C31H40N2O7. The predicted octanol–water partition coefficient (Wildman–Crippen LogP) is 3.51. The number of fused-ring (bicyclic) bond motifs is 3. The van der Waals surface area contributed by atoms with Crippen LogP contribution in [-0.2, 0) is 27.3 Å². The highest BCUT2D eigenvalue weighted by molar-refractivity contribution is 6.23. The summed E-state index contributed by atoms with van der Waals surface area (Å²) in [4.78, 5) is 40.4. The largest absolute Gasteiger partial charge is 0.508 e. The van der Waals surface area contributed by atoms with Gasteiger partial charge in [-0.2, -0.15) is 0 Å². The van der Waals surface area contributed by atoms with Crippen molar-refractivity contribution in [1.82, 2.24) is 5.32 Å². The van der Waals surface area contributed by atoms with Crippen molar-refractivity contribution in [3.8, 4) is 5.75 Å². The minimum absolute atomic E-state index is 0.0866. The molecule has 5 N–H and O–H groups in total. The van der Waals surface area contributed by atoms with Gasteiger partial charge in [0.25, 0.3) is 0 Å². The highest BCUT2D eigenvalue weighted by Crippen LogP contribution is 2.53. The molecule has 0 amide bonds. The van der Waals surface area contributed by atoms with Gasteiger partial charge in [-0.05, 0) is 68.5 Å². The number of anilines is 1. The maximum Gasteiger partial charge on any atom is 0.202 e. The van der Waals surface area contributed by atoms with E-state index in [9.17, 15) is 34.8 Å². The summed E-state index contributed by atoms with van der Waals surface area (Å²) < 4.78 is 0. The third-order valence-electron chi connectivity index (χ3n) is 9.59. The van der Waals surface area contributed by atoms with Crippen LogP contribution in [0, 0.1) is 23.7 Å². The Labute approximate surface area is 234 Å². The lowest BCUT2D eigenvalue weighted by atomic mass is 9.59. The van der Waals surface area contributed by atoms with E-state index in [1.165, 1.54) is 25.7 Å². The lowest BCUT2D eigenvalue weighted by Crippen LogP contribution is -2.57. The molecule has 0 aliphatic heterocycles. The molecule has 1 aromatic rings. The number of nitrogens with one attached hydrogen (secondary N) is 1. The third-order valence-corrected chi connectivity index (χ3v) is 9.59. The first kappa shape index (κ1) is 28.4. The second-order valence-corrected chi connectivity index (χ2v) is 12.5. The molecule has 216 valence electrons. The summed E-state index contributed by atoms with van der Waals surface area (Å²) in [5.74, 6) is -3.87. The van der Waals surface area contributed by atoms with E-state index in [4.69, 9.17) is 0 Å². The number of rotatable bonds is 6. The standard InChI is InChI=1S/C31H40N2O7/c1-15-5-7-17(8-6-15)13-32-14-19-11-22(33(3)4)21-10-18-9-20-12-23(35)24(16(2)34)29(38)31(20,40)30(39)25(18)28(37)26(21)27(19)36/h11,15,17-18,20,32,36-38,40H,5-10,12-14H2,1-4H3/t15?,17?,18-,20+,31-/m1/s1. The first-order valence-corrected chi connectivity index (χ1v) is 14.3. The number of phenolic OH excluding ortho intramolecular Hbond substituents is 1. The Morgan fingerprint density at radius 3 is 2.40 bits per heavy atom. The number of aliphatic hydroxyl groups is 3. The Hall–Kier alpha value is -3.17. The fourth-order valence-electron chi connectivity index (χ4n) is 7.31. The molecule has 3 atom stereocenters. The maximum atomic E-state index is 13.8. The van der Waals surface area contributed by atoms with Gasteiger partial charge in [0.05, 0.1) is 5.56 Å². The Balaban J connectivity index is 1.53.